The van der Waals surface area contributed by atoms with Crippen LogP contribution >= 0.6 is 0 Å². The van der Waals surface area contributed by atoms with Crippen molar-refractivity contribution in [3.8, 4) is 0 Å². The maximum absolute atomic E-state index is 11.1. The van der Waals surface area contributed by atoms with Crippen molar-refractivity contribution in [2.45, 2.75) is 30.6 Å². The van der Waals surface area contributed by atoms with Gasteiger partial charge in [-0.15, -0.1) is 0 Å². The van der Waals surface area contributed by atoms with Gasteiger partial charge in [-0.3, -0.25) is 0 Å². The maximum Gasteiger partial charge on any atom is 0.238 e. The molecule has 3 N–H and O–H groups in total. The molecule has 0 aliphatic heterocycles. The summed E-state index contributed by atoms with van der Waals surface area (Å²) < 4.78 is 22.3. The highest BCUT2D eigenvalue weighted by atomic mass is 32.2. The number of sulfonamides is 1. The van der Waals surface area contributed by atoms with Crippen molar-refractivity contribution in [3.63, 3.8) is 0 Å². The zero-order chi connectivity index (χ0) is 12.8. The van der Waals surface area contributed by atoms with E-state index in [4.69, 9.17) is 5.14 Å². The summed E-state index contributed by atoms with van der Waals surface area (Å²) in [6, 6.07) is 6.66. The third-order valence-corrected chi connectivity index (χ3v) is 5.09. The fourth-order valence-electron chi connectivity index (χ4n) is 2.63. The van der Waals surface area contributed by atoms with E-state index in [1.165, 1.54) is 25.7 Å². The molecule has 0 unspecified atom stereocenters. The molecule has 2 aliphatic carbocycles. The lowest BCUT2D eigenvalue weighted by Crippen LogP contribution is -2.17. The van der Waals surface area contributed by atoms with Crippen LogP contribution in [-0.2, 0) is 10.0 Å². The Kier molecular flexibility index (Phi) is 2.64. The highest BCUT2D eigenvalue weighted by Gasteiger charge is 2.53. The molecule has 5 heteroatoms. The van der Waals surface area contributed by atoms with Gasteiger partial charge in [-0.25, -0.2) is 13.6 Å². The molecule has 2 aliphatic rings. The van der Waals surface area contributed by atoms with Crippen LogP contribution in [0.5, 0.6) is 0 Å². The Hall–Kier alpha value is -1.07. The van der Waals surface area contributed by atoms with E-state index >= 15 is 0 Å². The summed E-state index contributed by atoms with van der Waals surface area (Å²) in [5, 5.41) is 8.47. The van der Waals surface area contributed by atoms with Gasteiger partial charge in [0.15, 0.2) is 0 Å². The van der Waals surface area contributed by atoms with E-state index in [1.807, 2.05) is 0 Å². The molecule has 18 heavy (non-hydrogen) atoms. The van der Waals surface area contributed by atoms with Gasteiger partial charge >= 0.3 is 0 Å². The van der Waals surface area contributed by atoms with Gasteiger partial charge < -0.3 is 5.32 Å². The zero-order valence-electron chi connectivity index (χ0n) is 10.2. The molecule has 0 atom stereocenters. The zero-order valence-corrected chi connectivity index (χ0v) is 11.0. The highest BCUT2D eigenvalue weighted by molar-refractivity contribution is 7.89. The average Bonchev–Trinajstić information content (AvgIpc) is 3.17. The third-order valence-electron chi connectivity index (χ3n) is 4.16. The monoisotopic (exact) mass is 266 g/mol. The van der Waals surface area contributed by atoms with E-state index in [0.29, 0.717) is 5.41 Å². The molecule has 2 fully saturated rings. The van der Waals surface area contributed by atoms with E-state index in [2.05, 4.69) is 5.32 Å². The maximum atomic E-state index is 11.1. The van der Waals surface area contributed by atoms with Crippen molar-refractivity contribution in [3.05, 3.63) is 24.3 Å². The average molecular weight is 266 g/mol. The lowest BCUT2D eigenvalue weighted by atomic mass is 10.0. The van der Waals surface area contributed by atoms with Crippen molar-refractivity contribution in [2.24, 2.45) is 16.5 Å². The largest absolute Gasteiger partial charge is 0.384 e. The van der Waals surface area contributed by atoms with Gasteiger partial charge in [0, 0.05) is 12.2 Å². The van der Waals surface area contributed by atoms with Crippen LogP contribution in [0.25, 0.3) is 0 Å². The Balaban J connectivity index is 1.63. The first kappa shape index (κ1) is 12.0. The third kappa shape index (κ3) is 2.37. The fourth-order valence-corrected chi connectivity index (χ4v) is 3.14. The Morgan fingerprint density at radius 2 is 1.83 bits per heavy atom. The molecule has 0 spiro atoms. The molecule has 0 aromatic heterocycles. The quantitative estimate of drug-likeness (QED) is 0.855. The van der Waals surface area contributed by atoms with Gasteiger partial charge in [0.2, 0.25) is 10.0 Å². The smallest absolute Gasteiger partial charge is 0.238 e. The lowest BCUT2D eigenvalue weighted by Gasteiger charge is -2.16. The molecular weight excluding hydrogens is 248 g/mol. The first-order chi connectivity index (χ1) is 8.50. The van der Waals surface area contributed by atoms with Gasteiger partial charge in [0.25, 0.3) is 0 Å². The van der Waals surface area contributed by atoms with E-state index in [1.54, 1.807) is 24.3 Å². The minimum absolute atomic E-state index is 0.163. The molecule has 0 bridgehead atoms. The van der Waals surface area contributed by atoms with E-state index in [9.17, 15) is 8.42 Å². The number of anilines is 1. The van der Waals surface area contributed by atoms with Crippen LogP contribution in [0.1, 0.15) is 25.7 Å². The number of nitrogens with one attached hydrogen (secondary N) is 1. The van der Waals surface area contributed by atoms with Crippen molar-refractivity contribution in [2.75, 3.05) is 11.9 Å². The Bertz CT molecular complexity index is 543. The predicted octanol–water partition coefficient (Wildman–Crippen LogP) is 1.94. The lowest BCUT2D eigenvalue weighted by molar-refractivity contribution is 0.467. The van der Waals surface area contributed by atoms with E-state index in [-0.39, 0.29) is 4.90 Å². The van der Waals surface area contributed by atoms with Crippen molar-refractivity contribution < 1.29 is 8.42 Å². The van der Waals surface area contributed by atoms with E-state index in [0.717, 1.165) is 18.2 Å². The number of rotatable bonds is 5. The number of hydrogen-bond acceptors (Lipinski definition) is 3. The summed E-state index contributed by atoms with van der Waals surface area (Å²) in [7, 11) is -3.58. The Labute approximate surface area is 108 Å². The Morgan fingerprint density at radius 1 is 1.22 bits per heavy atom. The predicted molar refractivity (Wildman–Crippen MR) is 70.7 cm³/mol. The SMILES string of the molecule is NS(=O)(=O)c1ccc(NCC2(C3CC3)CC2)cc1. The van der Waals surface area contributed by atoms with Crippen LogP contribution in [0.3, 0.4) is 0 Å². The Morgan fingerprint density at radius 3 is 2.28 bits per heavy atom. The molecular formula is C13H18N2O2S. The molecule has 3 rings (SSSR count). The van der Waals surface area contributed by atoms with Gasteiger partial charge in [0.1, 0.15) is 0 Å². The first-order valence-corrected chi connectivity index (χ1v) is 7.91. The molecule has 1 aromatic rings. The van der Waals surface area contributed by atoms with Crippen LogP contribution in [-0.4, -0.2) is 15.0 Å². The van der Waals surface area contributed by atoms with Gasteiger partial charge in [-0.05, 0) is 61.3 Å². The summed E-state index contributed by atoms with van der Waals surface area (Å²) in [5.41, 5.74) is 1.51. The molecule has 2 saturated carbocycles. The molecule has 98 valence electrons. The molecule has 0 amide bonds. The van der Waals surface area contributed by atoms with Crippen LogP contribution in [0.2, 0.25) is 0 Å². The number of primary sulfonamides is 1. The van der Waals surface area contributed by atoms with Gasteiger partial charge in [0.05, 0.1) is 4.90 Å². The first-order valence-electron chi connectivity index (χ1n) is 6.36. The molecule has 0 heterocycles. The molecule has 0 radical (unpaired) electrons. The van der Waals surface area contributed by atoms with E-state index < -0.39 is 10.0 Å². The van der Waals surface area contributed by atoms with Crippen molar-refractivity contribution in [1.29, 1.82) is 0 Å². The summed E-state index contributed by atoms with van der Waals surface area (Å²) in [4.78, 5) is 0.163. The minimum atomic E-state index is -3.58. The normalized spacial score (nSPS) is 21.6. The summed E-state index contributed by atoms with van der Waals surface area (Å²) in [6.07, 6.45) is 5.43. The number of hydrogen-bond donors (Lipinski definition) is 2. The summed E-state index contributed by atoms with van der Waals surface area (Å²) in [6.45, 7) is 1.01. The van der Waals surface area contributed by atoms with Crippen LogP contribution in [0, 0.1) is 11.3 Å². The minimum Gasteiger partial charge on any atom is -0.384 e. The molecule has 4 nitrogen and oxygen atoms in total. The van der Waals surface area contributed by atoms with Crippen LogP contribution < -0.4 is 10.5 Å². The molecule has 1 aromatic carbocycles. The van der Waals surface area contributed by atoms with Crippen molar-refractivity contribution >= 4 is 15.7 Å². The van der Waals surface area contributed by atoms with Gasteiger partial charge in [-0.1, -0.05) is 0 Å². The summed E-state index contributed by atoms with van der Waals surface area (Å²) in [5.74, 6) is 0.925. The van der Waals surface area contributed by atoms with Crippen LogP contribution in [0.15, 0.2) is 29.2 Å². The number of nitrogens with two attached hydrogens (primary N) is 1. The van der Waals surface area contributed by atoms with Crippen molar-refractivity contribution in [1.82, 2.24) is 0 Å². The highest BCUT2D eigenvalue weighted by Crippen LogP contribution is 2.61. The number of benzene rings is 1. The summed E-state index contributed by atoms with van der Waals surface area (Å²) >= 11 is 0. The second kappa shape index (κ2) is 3.96. The topological polar surface area (TPSA) is 72.2 Å². The fraction of sp³-hybridized carbons (Fsp3) is 0.538. The van der Waals surface area contributed by atoms with Gasteiger partial charge in [-0.2, -0.15) is 0 Å². The second-order valence-electron chi connectivity index (χ2n) is 5.56. The van der Waals surface area contributed by atoms with Crippen LogP contribution in [0.4, 0.5) is 5.69 Å². The second-order valence-corrected chi connectivity index (χ2v) is 7.12. The molecule has 0 saturated heterocycles. The standard InChI is InChI=1S/C13H18N2O2S/c14-18(16,17)12-5-3-11(4-6-12)15-9-13(7-8-13)10-1-2-10/h3-6,10,15H,1-2,7-9H2,(H2,14,16,17).